The van der Waals surface area contributed by atoms with Gasteiger partial charge in [0, 0.05) is 49.2 Å². The Hall–Kier alpha value is -2.47. The second kappa shape index (κ2) is 8.72. The number of piperidine rings is 1. The van der Waals surface area contributed by atoms with Crippen molar-refractivity contribution < 1.29 is 14.3 Å². The maximum absolute atomic E-state index is 13.2. The van der Waals surface area contributed by atoms with E-state index in [-0.39, 0.29) is 12.5 Å². The molecule has 1 fully saturated rings. The molecule has 2 aliphatic rings. The highest BCUT2D eigenvalue weighted by atomic mass is 16.5. The lowest BCUT2D eigenvalue weighted by Gasteiger charge is -2.34. The first-order valence-electron chi connectivity index (χ1n) is 11.0. The van der Waals surface area contributed by atoms with Crippen LogP contribution in [0, 0.1) is 11.8 Å². The van der Waals surface area contributed by atoms with Crippen LogP contribution in [0.15, 0.2) is 24.3 Å². The van der Waals surface area contributed by atoms with Crippen molar-refractivity contribution in [3.8, 4) is 0 Å². The zero-order chi connectivity index (χ0) is 21.3. The lowest BCUT2D eigenvalue weighted by Crippen LogP contribution is -2.44. The lowest BCUT2D eigenvalue weighted by molar-refractivity contribution is -0.137. The average Bonchev–Trinajstić information content (AvgIpc) is 2.74. The molecule has 3 heterocycles. The maximum Gasteiger partial charge on any atom is 0.339 e. The Labute approximate surface area is 178 Å². The van der Waals surface area contributed by atoms with Gasteiger partial charge in [0.25, 0.3) is 5.91 Å². The van der Waals surface area contributed by atoms with E-state index in [1.165, 1.54) is 0 Å². The molecule has 1 amide bonds. The van der Waals surface area contributed by atoms with Crippen LogP contribution in [-0.2, 0) is 22.5 Å². The first-order valence-corrected chi connectivity index (χ1v) is 11.0. The summed E-state index contributed by atoms with van der Waals surface area (Å²) in [4.78, 5) is 34.9. The standard InChI is InChI=1S/C24H31N3O3/c1-4-26-10-9-21-19(14-26)23(18-7-5-6-8-20(18)25-21)24(29)30-15-22(28)27-12-16(2)11-17(3)13-27/h5-8,16-17H,4,9-15H2,1-3H3. The molecule has 0 N–H and O–H groups in total. The number of benzene rings is 1. The fourth-order valence-corrected chi connectivity index (χ4v) is 4.91. The van der Waals surface area contributed by atoms with Gasteiger partial charge in [-0.05, 0) is 30.9 Å². The molecule has 2 unspecified atom stereocenters. The van der Waals surface area contributed by atoms with Crippen LogP contribution >= 0.6 is 0 Å². The minimum atomic E-state index is -0.422. The molecule has 0 bridgehead atoms. The second-order valence-electron chi connectivity index (χ2n) is 8.87. The van der Waals surface area contributed by atoms with Crippen molar-refractivity contribution in [1.82, 2.24) is 14.8 Å². The number of pyridine rings is 1. The van der Waals surface area contributed by atoms with Gasteiger partial charge in [-0.1, -0.05) is 39.0 Å². The third kappa shape index (κ3) is 4.19. The summed E-state index contributed by atoms with van der Waals surface area (Å²) in [5.74, 6) is 0.424. The van der Waals surface area contributed by atoms with Crippen LogP contribution in [0.4, 0.5) is 0 Å². The molecule has 30 heavy (non-hydrogen) atoms. The summed E-state index contributed by atoms with van der Waals surface area (Å²) in [5.41, 5.74) is 3.29. The zero-order valence-corrected chi connectivity index (χ0v) is 18.2. The van der Waals surface area contributed by atoms with Crippen LogP contribution in [0.3, 0.4) is 0 Å². The van der Waals surface area contributed by atoms with E-state index >= 15 is 0 Å². The SMILES string of the molecule is CCN1CCc2nc3ccccc3c(C(=O)OCC(=O)N3CC(C)CC(C)C3)c2C1. The summed E-state index contributed by atoms with van der Waals surface area (Å²) in [6, 6.07) is 7.69. The quantitative estimate of drug-likeness (QED) is 0.726. The van der Waals surface area contributed by atoms with E-state index in [9.17, 15) is 9.59 Å². The fourth-order valence-electron chi connectivity index (χ4n) is 4.91. The van der Waals surface area contributed by atoms with Gasteiger partial charge < -0.3 is 9.64 Å². The molecule has 1 saturated heterocycles. The predicted molar refractivity (Wildman–Crippen MR) is 116 cm³/mol. The molecule has 6 heteroatoms. The Morgan fingerprint density at radius 1 is 1.17 bits per heavy atom. The Morgan fingerprint density at radius 3 is 2.63 bits per heavy atom. The van der Waals surface area contributed by atoms with Crippen LogP contribution < -0.4 is 0 Å². The van der Waals surface area contributed by atoms with E-state index in [2.05, 4.69) is 25.7 Å². The number of esters is 1. The fraction of sp³-hybridized carbons (Fsp3) is 0.542. The number of hydrogen-bond donors (Lipinski definition) is 0. The molecule has 6 nitrogen and oxygen atoms in total. The second-order valence-corrected chi connectivity index (χ2v) is 8.87. The number of ether oxygens (including phenoxy) is 1. The molecular weight excluding hydrogens is 378 g/mol. The largest absolute Gasteiger partial charge is 0.452 e. The van der Waals surface area contributed by atoms with Crippen molar-refractivity contribution in [2.45, 2.75) is 40.2 Å². The number of carbonyl (C=O) groups is 2. The number of fused-ring (bicyclic) bond motifs is 2. The van der Waals surface area contributed by atoms with Crippen molar-refractivity contribution >= 4 is 22.8 Å². The van der Waals surface area contributed by atoms with Crippen LogP contribution in [0.25, 0.3) is 10.9 Å². The van der Waals surface area contributed by atoms with Gasteiger partial charge >= 0.3 is 5.97 Å². The summed E-state index contributed by atoms with van der Waals surface area (Å²) in [5, 5.41) is 0.798. The van der Waals surface area contributed by atoms with E-state index in [0.717, 1.165) is 61.2 Å². The van der Waals surface area contributed by atoms with Gasteiger partial charge in [-0.3, -0.25) is 14.7 Å². The molecule has 1 aromatic carbocycles. The Morgan fingerprint density at radius 2 is 1.90 bits per heavy atom. The molecule has 2 aromatic rings. The molecule has 2 atom stereocenters. The van der Waals surface area contributed by atoms with E-state index in [1.807, 2.05) is 29.2 Å². The molecule has 2 aliphatic heterocycles. The van der Waals surface area contributed by atoms with Crippen LogP contribution in [-0.4, -0.2) is 59.4 Å². The van der Waals surface area contributed by atoms with Gasteiger partial charge in [-0.15, -0.1) is 0 Å². The van der Waals surface area contributed by atoms with Crippen LogP contribution in [0.5, 0.6) is 0 Å². The number of likely N-dealkylation sites (tertiary alicyclic amines) is 1. The summed E-state index contributed by atoms with van der Waals surface area (Å²) < 4.78 is 5.58. The van der Waals surface area contributed by atoms with Crippen molar-refractivity contribution in [2.24, 2.45) is 11.8 Å². The highest BCUT2D eigenvalue weighted by Gasteiger charge is 2.29. The van der Waals surface area contributed by atoms with Crippen molar-refractivity contribution in [2.75, 3.05) is 32.8 Å². The minimum Gasteiger partial charge on any atom is -0.452 e. The zero-order valence-electron chi connectivity index (χ0n) is 18.2. The summed E-state index contributed by atoms with van der Waals surface area (Å²) in [7, 11) is 0. The van der Waals surface area contributed by atoms with E-state index in [4.69, 9.17) is 9.72 Å². The lowest BCUT2D eigenvalue weighted by atomic mass is 9.92. The number of carbonyl (C=O) groups excluding carboxylic acids is 2. The third-order valence-corrected chi connectivity index (χ3v) is 6.33. The van der Waals surface area contributed by atoms with Crippen LogP contribution in [0.2, 0.25) is 0 Å². The van der Waals surface area contributed by atoms with E-state index < -0.39 is 5.97 Å². The number of aromatic nitrogens is 1. The summed E-state index contributed by atoms with van der Waals surface area (Å²) in [6.45, 7) is 10.3. The monoisotopic (exact) mass is 409 g/mol. The first-order chi connectivity index (χ1) is 14.5. The van der Waals surface area contributed by atoms with Gasteiger partial charge in [-0.25, -0.2) is 4.79 Å². The molecule has 0 spiro atoms. The predicted octanol–water partition coefficient (Wildman–Crippen LogP) is 3.27. The highest BCUT2D eigenvalue weighted by Crippen LogP contribution is 2.29. The van der Waals surface area contributed by atoms with Gasteiger partial charge in [-0.2, -0.15) is 0 Å². The number of nitrogens with zero attached hydrogens (tertiary/aromatic N) is 3. The molecule has 4 rings (SSSR count). The number of amides is 1. The molecule has 1 aromatic heterocycles. The molecule has 160 valence electrons. The smallest absolute Gasteiger partial charge is 0.339 e. The third-order valence-electron chi connectivity index (χ3n) is 6.33. The molecule has 0 radical (unpaired) electrons. The van der Waals surface area contributed by atoms with E-state index in [1.54, 1.807) is 0 Å². The number of rotatable bonds is 4. The Balaban J connectivity index is 1.57. The Kier molecular flexibility index (Phi) is 6.04. The maximum atomic E-state index is 13.2. The number of likely N-dealkylation sites (N-methyl/N-ethyl adjacent to an activating group) is 1. The normalized spacial score (nSPS) is 22.0. The van der Waals surface area contributed by atoms with Gasteiger partial charge in [0.15, 0.2) is 6.61 Å². The van der Waals surface area contributed by atoms with Crippen molar-refractivity contribution in [1.29, 1.82) is 0 Å². The topological polar surface area (TPSA) is 62.7 Å². The first kappa shape index (κ1) is 20.8. The minimum absolute atomic E-state index is 0.107. The van der Waals surface area contributed by atoms with Gasteiger partial charge in [0.1, 0.15) is 0 Å². The molecule has 0 aliphatic carbocycles. The van der Waals surface area contributed by atoms with Crippen molar-refractivity contribution in [3.05, 3.63) is 41.1 Å². The summed E-state index contributed by atoms with van der Waals surface area (Å²) >= 11 is 0. The molecule has 0 saturated carbocycles. The number of para-hydroxylation sites is 1. The number of hydrogen-bond acceptors (Lipinski definition) is 5. The average molecular weight is 410 g/mol. The van der Waals surface area contributed by atoms with Crippen molar-refractivity contribution in [3.63, 3.8) is 0 Å². The summed E-state index contributed by atoms with van der Waals surface area (Å²) in [6.07, 6.45) is 1.95. The van der Waals surface area contributed by atoms with Gasteiger partial charge in [0.05, 0.1) is 11.1 Å². The molecular formula is C24H31N3O3. The van der Waals surface area contributed by atoms with Gasteiger partial charge in [0.2, 0.25) is 0 Å². The highest BCUT2D eigenvalue weighted by molar-refractivity contribution is 6.05. The van der Waals surface area contributed by atoms with Crippen LogP contribution in [0.1, 0.15) is 48.8 Å². The van der Waals surface area contributed by atoms with E-state index in [0.29, 0.717) is 23.9 Å². The Bertz CT molecular complexity index is 948.